The Kier molecular flexibility index (Phi) is 6.10. The third-order valence-corrected chi connectivity index (χ3v) is 5.61. The summed E-state index contributed by atoms with van der Waals surface area (Å²) < 4.78 is 7.79. The van der Waals surface area contributed by atoms with E-state index in [1.165, 1.54) is 0 Å². The smallest absolute Gasteiger partial charge is 0.320 e. The quantitative estimate of drug-likeness (QED) is 0.668. The Morgan fingerprint density at radius 2 is 2.19 bits per heavy atom. The molecule has 0 bridgehead atoms. The summed E-state index contributed by atoms with van der Waals surface area (Å²) in [5, 5.41) is 19.6. The molecule has 0 spiro atoms. The zero-order valence-corrected chi connectivity index (χ0v) is 18.3. The van der Waals surface area contributed by atoms with Crippen LogP contribution in [0.3, 0.4) is 0 Å². The Labute approximate surface area is 182 Å². The largest absolute Gasteiger partial charge is 0.389 e. The van der Waals surface area contributed by atoms with Gasteiger partial charge in [0.05, 0.1) is 35.7 Å². The van der Waals surface area contributed by atoms with Gasteiger partial charge in [-0.05, 0) is 46.1 Å². The highest BCUT2D eigenvalue weighted by Gasteiger charge is 2.29. The molecule has 0 aromatic carbocycles. The number of nitrogens with one attached hydrogen (secondary N) is 2. The summed E-state index contributed by atoms with van der Waals surface area (Å²) in [6.07, 6.45) is 5.09. The van der Waals surface area contributed by atoms with Crippen LogP contribution in [-0.4, -0.2) is 56.2 Å². The van der Waals surface area contributed by atoms with E-state index in [-0.39, 0.29) is 18.7 Å². The number of hydrogen-bond acceptors (Lipinski definition) is 7. The molecule has 2 aromatic heterocycles. The Bertz CT molecular complexity index is 918. The number of hydrogen-bond donors (Lipinski definition) is 3. The molecule has 10 heteroatoms. The van der Waals surface area contributed by atoms with E-state index < -0.39 is 11.6 Å². The summed E-state index contributed by atoms with van der Waals surface area (Å²) in [6, 6.07) is 3.41. The summed E-state index contributed by atoms with van der Waals surface area (Å²) in [7, 11) is 0. The maximum absolute atomic E-state index is 12.1. The molecular formula is C21H31N7O3. The van der Waals surface area contributed by atoms with Crippen molar-refractivity contribution >= 4 is 17.8 Å². The van der Waals surface area contributed by atoms with Gasteiger partial charge in [-0.2, -0.15) is 5.10 Å². The molecule has 2 amide bonds. The first-order valence-electron chi connectivity index (χ1n) is 10.9. The minimum absolute atomic E-state index is 0.00115. The van der Waals surface area contributed by atoms with Gasteiger partial charge >= 0.3 is 6.03 Å². The molecule has 1 fully saturated rings. The van der Waals surface area contributed by atoms with E-state index in [1.807, 2.05) is 16.8 Å². The first-order valence-corrected chi connectivity index (χ1v) is 10.9. The molecule has 2 aliphatic heterocycles. The van der Waals surface area contributed by atoms with Gasteiger partial charge in [-0.25, -0.2) is 14.8 Å². The van der Waals surface area contributed by atoms with Gasteiger partial charge in [0.1, 0.15) is 0 Å². The monoisotopic (exact) mass is 429 g/mol. The molecule has 3 N–H and O–H groups in total. The molecule has 1 saturated heterocycles. The van der Waals surface area contributed by atoms with Crippen LogP contribution in [0.4, 0.5) is 16.6 Å². The minimum atomic E-state index is -0.975. The van der Waals surface area contributed by atoms with Crippen LogP contribution < -0.4 is 15.5 Å². The average Bonchev–Trinajstić information content (AvgIpc) is 3.16. The minimum Gasteiger partial charge on any atom is -0.389 e. The fraction of sp³-hybridized carbons (Fsp3) is 0.619. The van der Waals surface area contributed by atoms with E-state index in [1.54, 1.807) is 20.0 Å². The lowest BCUT2D eigenvalue weighted by molar-refractivity contribution is 0.0123. The summed E-state index contributed by atoms with van der Waals surface area (Å²) in [5.74, 6) is 1.16. The molecule has 0 saturated carbocycles. The van der Waals surface area contributed by atoms with Crippen LogP contribution in [0.1, 0.15) is 63.6 Å². The first kappa shape index (κ1) is 21.5. The Hall–Kier alpha value is -2.72. The maximum atomic E-state index is 12.1. The van der Waals surface area contributed by atoms with E-state index in [0.29, 0.717) is 18.3 Å². The van der Waals surface area contributed by atoms with Crippen molar-refractivity contribution in [2.45, 2.75) is 64.3 Å². The van der Waals surface area contributed by atoms with E-state index in [2.05, 4.69) is 32.5 Å². The second-order valence-corrected chi connectivity index (χ2v) is 8.80. The van der Waals surface area contributed by atoms with E-state index >= 15 is 0 Å². The molecule has 2 atom stereocenters. The van der Waals surface area contributed by atoms with E-state index in [9.17, 15) is 9.90 Å². The first-order chi connectivity index (χ1) is 14.8. The van der Waals surface area contributed by atoms with Crippen LogP contribution in [0.15, 0.2) is 18.3 Å². The number of carbonyl (C=O) groups excluding carboxylic acids is 1. The highest BCUT2D eigenvalue weighted by atomic mass is 16.5. The number of ether oxygens (including phenoxy) is 1. The van der Waals surface area contributed by atoms with Crippen molar-refractivity contribution in [2.24, 2.45) is 0 Å². The number of aliphatic hydroxyl groups is 1. The van der Waals surface area contributed by atoms with E-state index in [4.69, 9.17) is 9.72 Å². The number of urea groups is 1. The van der Waals surface area contributed by atoms with Crippen molar-refractivity contribution in [3.8, 4) is 0 Å². The lowest BCUT2D eigenvalue weighted by atomic mass is 10.1. The molecule has 0 radical (unpaired) electrons. The predicted molar refractivity (Wildman–Crippen MR) is 116 cm³/mol. The van der Waals surface area contributed by atoms with E-state index in [0.717, 1.165) is 43.8 Å². The lowest BCUT2D eigenvalue weighted by Gasteiger charge is -2.34. The van der Waals surface area contributed by atoms with Crippen LogP contribution in [0.25, 0.3) is 0 Å². The van der Waals surface area contributed by atoms with Gasteiger partial charge in [0, 0.05) is 32.0 Å². The topological polar surface area (TPSA) is 117 Å². The molecule has 4 heterocycles. The van der Waals surface area contributed by atoms with Gasteiger partial charge in [-0.3, -0.25) is 10.00 Å². The third-order valence-electron chi connectivity index (χ3n) is 5.61. The molecule has 2 aliphatic rings. The van der Waals surface area contributed by atoms with Gasteiger partial charge < -0.3 is 20.1 Å². The highest BCUT2D eigenvalue weighted by molar-refractivity contribution is 5.88. The Balaban J connectivity index is 1.45. The molecule has 2 aromatic rings. The second kappa shape index (κ2) is 8.80. The predicted octanol–water partition coefficient (Wildman–Crippen LogP) is 2.39. The second-order valence-electron chi connectivity index (χ2n) is 8.80. The van der Waals surface area contributed by atoms with Crippen molar-refractivity contribution in [1.29, 1.82) is 0 Å². The number of anilines is 2. The highest BCUT2D eigenvalue weighted by Crippen LogP contribution is 2.32. The fourth-order valence-corrected chi connectivity index (χ4v) is 3.95. The number of fused-ring (bicyclic) bond motifs is 1. The number of amides is 2. The third kappa shape index (κ3) is 5.13. The average molecular weight is 430 g/mol. The molecule has 31 heavy (non-hydrogen) atoms. The van der Waals surface area contributed by atoms with Gasteiger partial charge in [0.2, 0.25) is 5.95 Å². The summed E-state index contributed by atoms with van der Waals surface area (Å²) in [5.41, 5.74) is 0.936. The van der Waals surface area contributed by atoms with Crippen molar-refractivity contribution in [1.82, 2.24) is 25.1 Å². The van der Waals surface area contributed by atoms with Gasteiger partial charge in [-0.1, -0.05) is 0 Å². The van der Waals surface area contributed by atoms with Crippen molar-refractivity contribution < 1.29 is 14.6 Å². The van der Waals surface area contributed by atoms with Crippen molar-refractivity contribution in [3.05, 3.63) is 29.7 Å². The molecule has 2 unspecified atom stereocenters. The van der Waals surface area contributed by atoms with Crippen LogP contribution in [0.2, 0.25) is 0 Å². The Morgan fingerprint density at radius 3 is 2.94 bits per heavy atom. The summed E-state index contributed by atoms with van der Waals surface area (Å²) >= 11 is 0. The summed E-state index contributed by atoms with van der Waals surface area (Å²) in [6.45, 7) is 7.66. The summed E-state index contributed by atoms with van der Waals surface area (Å²) in [4.78, 5) is 23.6. The maximum Gasteiger partial charge on any atom is 0.320 e. The van der Waals surface area contributed by atoms with Crippen LogP contribution in [0.5, 0.6) is 0 Å². The standard InChI is InChI=1S/C21H31N7O3/c1-14-16-12-18(25-20(29)23-13-21(2,3)30)26-28(16)10-9-27(14)19-22-8-7-15(24-19)17-6-4-5-11-31-17/h7-8,12,14,17,30H,4-6,9-11,13H2,1-3H3,(H2,23,25,26,29). The number of carbonyl (C=O) groups is 1. The normalized spacial score (nSPS) is 21.5. The van der Waals surface area contributed by atoms with Crippen LogP contribution >= 0.6 is 0 Å². The molecule has 0 aliphatic carbocycles. The molecular weight excluding hydrogens is 398 g/mol. The lowest BCUT2D eigenvalue weighted by Crippen LogP contribution is -2.40. The number of nitrogens with zero attached hydrogens (tertiary/aromatic N) is 5. The zero-order valence-electron chi connectivity index (χ0n) is 18.3. The molecule has 4 rings (SSSR count). The van der Waals surface area contributed by atoms with Crippen molar-refractivity contribution in [3.63, 3.8) is 0 Å². The van der Waals surface area contributed by atoms with Crippen LogP contribution in [-0.2, 0) is 11.3 Å². The SMILES string of the molecule is CC1c2cc(NC(=O)NCC(C)(C)O)nn2CCN1c1nccc(C2CCCCO2)n1. The fourth-order valence-electron chi connectivity index (χ4n) is 3.95. The van der Waals surface area contributed by atoms with Gasteiger partial charge in [0.25, 0.3) is 0 Å². The molecule has 10 nitrogen and oxygen atoms in total. The number of aromatic nitrogens is 4. The Morgan fingerprint density at radius 1 is 1.35 bits per heavy atom. The number of rotatable bonds is 5. The zero-order chi connectivity index (χ0) is 22.0. The van der Waals surface area contributed by atoms with Crippen molar-refractivity contribution in [2.75, 3.05) is 29.9 Å². The van der Waals surface area contributed by atoms with Gasteiger partial charge in [-0.15, -0.1) is 0 Å². The molecule has 168 valence electrons. The van der Waals surface area contributed by atoms with Gasteiger partial charge in [0.15, 0.2) is 5.82 Å². The van der Waals surface area contributed by atoms with Crippen LogP contribution in [0, 0.1) is 0 Å².